The summed E-state index contributed by atoms with van der Waals surface area (Å²) in [6.07, 6.45) is 9.20. The van der Waals surface area contributed by atoms with E-state index in [9.17, 15) is 5.26 Å². The van der Waals surface area contributed by atoms with E-state index in [1.807, 2.05) is 12.1 Å². The topological polar surface area (TPSA) is 35.8 Å². The maximum Gasteiger partial charge on any atom is 0.101 e. The largest absolute Gasteiger partial charge is 0.381 e. The monoisotopic (exact) mass is 242 g/mol. The Bertz CT molecular complexity index is 423. The molecule has 0 heterocycles. The van der Waals surface area contributed by atoms with Crippen molar-refractivity contribution >= 4 is 5.69 Å². The number of nitriles is 1. The van der Waals surface area contributed by atoms with Crippen LogP contribution < -0.4 is 5.32 Å². The molecular formula is C16H22N2. The van der Waals surface area contributed by atoms with Gasteiger partial charge in [-0.3, -0.25) is 0 Å². The summed E-state index contributed by atoms with van der Waals surface area (Å²) in [4.78, 5) is 0. The van der Waals surface area contributed by atoms with Crippen molar-refractivity contribution < 1.29 is 0 Å². The number of anilines is 1. The maximum absolute atomic E-state index is 9.18. The Morgan fingerprint density at radius 2 is 1.78 bits per heavy atom. The molecule has 1 saturated carbocycles. The second-order valence-corrected chi connectivity index (χ2v) is 5.30. The normalized spacial score (nSPS) is 17.6. The van der Waals surface area contributed by atoms with Crippen molar-refractivity contribution in [3.05, 3.63) is 29.3 Å². The zero-order valence-electron chi connectivity index (χ0n) is 11.2. The van der Waals surface area contributed by atoms with Gasteiger partial charge < -0.3 is 5.32 Å². The minimum Gasteiger partial charge on any atom is -0.381 e. The van der Waals surface area contributed by atoms with Gasteiger partial charge in [-0.2, -0.15) is 5.26 Å². The second kappa shape index (κ2) is 6.44. The molecule has 0 atom stereocenters. The smallest absolute Gasteiger partial charge is 0.101 e. The summed E-state index contributed by atoms with van der Waals surface area (Å²) in [5.74, 6) is 0. The van der Waals surface area contributed by atoms with Gasteiger partial charge in [0.1, 0.15) is 6.07 Å². The summed E-state index contributed by atoms with van der Waals surface area (Å²) in [7, 11) is 0. The highest BCUT2D eigenvalue weighted by molar-refractivity contribution is 5.62. The van der Waals surface area contributed by atoms with Crippen LogP contribution in [0.1, 0.15) is 56.1 Å². The molecule has 2 rings (SSSR count). The molecule has 1 aliphatic carbocycles. The molecule has 96 valence electrons. The third kappa shape index (κ3) is 3.26. The molecular weight excluding hydrogens is 220 g/mol. The molecule has 0 bridgehead atoms. The molecule has 0 spiro atoms. The first-order valence-corrected chi connectivity index (χ1v) is 7.07. The fourth-order valence-electron chi connectivity index (χ4n) is 2.76. The van der Waals surface area contributed by atoms with Crippen LogP contribution >= 0.6 is 0 Å². The van der Waals surface area contributed by atoms with E-state index in [-0.39, 0.29) is 0 Å². The molecule has 1 N–H and O–H groups in total. The van der Waals surface area contributed by atoms with Gasteiger partial charge in [-0.1, -0.05) is 44.2 Å². The van der Waals surface area contributed by atoms with Crippen molar-refractivity contribution in [2.75, 3.05) is 5.32 Å². The zero-order valence-corrected chi connectivity index (χ0v) is 11.2. The molecule has 0 aliphatic heterocycles. The van der Waals surface area contributed by atoms with E-state index in [1.54, 1.807) is 0 Å². The van der Waals surface area contributed by atoms with E-state index in [0.717, 1.165) is 11.3 Å². The third-order valence-electron chi connectivity index (χ3n) is 3.85. The fourth-order valence-corrected chi connectivity index (χ4v) is 2.76. The first-order chi connectivity index (χ1) is 8.81. The van der Waals surface area contributed by atoms with Crippen LogP contribution in [0.25, 0.3) is 0 Å². The van der Waals surface area contributed by atoms with Crippen molar-refractivity contribution in [3.8, 4) is 6.07 Å². The summed E-state index contributed by atoms with van der Waals surface area (Å²) < 4.78 is 0. The number of hydrogen-bond donors (Lipinski definition) is 1. The summed E-state index contributed by atoms with van der Waals surface area (Å²) in [5.41, 5.74) is 3.00. The van der Waals surface area contributed by atoms with Crippen LogP contribution in [0.15, 0.2) is 18.2 Å². The van der Waals surface area contributed by atoms with Gasteiger partial charge in [-0.05, 0) is 31.4 Å². The minimum atomic E-state index is 0.540. The van der Waals surface area contributed by atoms with Gasteiger partial charge >= 0.3 is 0 Å². The first-order valence-electron chi connectivity index (χ1n) is 7.07. The van der Waals surface area contributed by atoms with E-state index < -0.39 is 0 Å². The van der Waals surface area contributed by atoms with Crippen LogP contribution in [0.4, 0.5) is 5.69 Å². The highest BCUT2D eigenvalue weighted by Crippen LogP contribution is 2.25. The molecule has 1 aromatic carbocycles. The average molecular weight is 242 g/mol. The lowest BCUT2D eigenvalue weighted by molar-refractivity contribution is 0.471. The van der Waals surface area contributed by atoms with Crippen LogP contribution in [0, 0.1) is 18.3 Å². The molecule has 0 saturated heterocycles. The molecule has 2 heteroatoms. The molecule has 1 aliphatic rings. The Hall–Kier alpha value is -1.49. The molecule has 0 radical (unpaired) electrons. The predicted molar refractivity (Wildman–Crippen MR) is 75.6 cm³/mol. The Balaban J connectivity index is 2.10. The zero-order chi connectivity index (χ0) is 12.8. The highest BCUT2D eigenvalue weighted by Gasteiger charge is 2.13. The van der Waals surface area contributed by atoms with Crippen LogP contribution in [0.3, 0.4) is 0 Å². The van der Waals surface area contributed by atoms with Crippen molar-refractivity contribution in [1.82, 2.24) is 0 Å². The van der Waals surface area contributed by atoms with Gasteiger partial charge in [0.25, 0.3) is 0 Å². The predicted octanol–water partition coefficient (Wildman–Crippen LogP) is 4.39. The number of nitrogens with one attached hydrogen (secondary N) is 1. The minimum absolute atomic E-state index is 0.540. The van der Waals surface area contributed by atoms with Gasteiger partial charge in [0, 0.05) is 6.04 Å². The summed E-state index contributed by atoms with van der Waals surface area (Å²) in [6, 6.07) is 8.76. The van der Waals surface area contributed by atoms with Gasteiger partial charge in [-0.25, -0.2) is 0 Å². The Morgan fingerprint density at radius 1 is 1.11 bits per heavy atom. The van der Waals surface area contributed by atoms with E-state index >= 15 is 0 Å². The van der Waals surface area contributed by atoms with Crippen molar-refractivity contribution in [3.63, 3.8) is 0 Å². The molecule has 0 unspecified atom stereocenters. The number of benzene rings is 1. The lowest BCUT2D eigenvalue weighted by Crippen LogP contribution is -2.21. The highest BCUT2D eigenvalue weighted by atomic mass is 14.9. The van der Waals surface area contributed by atoms with Crippen molar-refractivity contribution in [2.45, 2.75) is 57.9 Å². The van der Waals surface area contributed by atoms with Gasteiger partial charge in [-0.15, -0.1) is 0 Å². The van der Waals surface area contributed by atoms with Gasteiger partial charge in [0.05, 0.1) is 11.3 Å². The molecule has 18 heavy (non-hydrogen) atoms. The van der Waals surface area contributed by atoms with Gasteiger partial charge in [0.2, 0.25) is 0 Å². The van der Waals surface area contributed by atoms with E-state index in [4.69, 9.17) is 0 Å². The lowest BCUT2D eigenvalue weighted by Gasteiger charge is -2.23. The standard InChI is InChI=1S/C16H22N2/c1-13-8-7-9-14(12-17)16(13)18-15-10-5-3-2-4-6-11-15/h7-9,15,18H,2-6,10-11H2,1H3. The summed E-state index contributed by atoms with van der Waals surface area (Å²) >= 11 is 0. The molecule has 1 fully saturated rings. The van der Waals surface area contributed by atoms with E-state index in [1.165, 1.54) is 50.5 Å². The lowest BCUT2D eigenvalue weighted by atomic mass is 9.96. The number of nitrogens with zero attached hydrogens (tertiary/aromatic N) is 1. The van der Waals surface area contributed by atoms with E-state index in [2.05, 4.69) is 24.4 Å². The Labute approximate surface area is 110 Å². The average Bonchev–Trinajstić information content (AvgIpc) is 2.34. The fraction of sp³-hybridized carbons (Fsp3) is 0.562. The number of aryl methyl sites for hydroxylation is 1. The van der Waals surface area contributed by atoms with Crippen molar-refractivity contribution in [1.29, 1.82) is 5.26 Å². The Kier molecular flexibility index (Phi) is 4.64. The maximum atomic E-state index is 9.18. The quantitative estimate of drug-likeness (QED) is 0.834. The SMILES string of the molecule is Cc1cccc(C#N)c1NC1CCCCCCC1. The molecule has 1 aromatic rings. The van der Waals surface area contributed by atoms with Crippen LogP contribution in [0.5, 0.6) is 0 Å². The molecule has 0 amide bonds. The molecule has 2 nitrogen and oxygen atoms in total. The second-order valence-electron chi connectivity index (χ2n) is 5.30. The summed E-state index contributed by atoms with van der Waals surface area (Å²) in [5, 5.41) is 12.8. The third-order valence-corrected chi connectivity index (χ3v) is 3.85. The van der Waals surface area contributed by atoms with Crippen molar-refractivity contribution in [2.24, 2.45) is 0 Å². The first kappa shape index (κ1) is 13.0. The van der Waals surface area contributed by atoms with E-state index in [0.29, 0.717) is 6.04 Å². The number of hydrogen-bond acceptors (Lipinski definition) is 2. The summed E-state index contributed by atoms with van der Waals surface area (Å²) in [6.45, 7) is 2.08. The Morgan fingerprint density at radius 3 is 2.44 bits per heavy atom. The molecule has 0 aromatic heterocycles. The van der Waals surface area contributed by atoms with Crippen LogP contribution in [-0.4, -0.2) is 6.04 Å². The van der Waals surface area contributed by atoms with Crippen LogP contribution in [-0.2, 0) is 0 Å². The van der Waals surface area contributed by atoms with Gasteiger partial charge in [0.15, 0.2) is 0 Å². The number of para-hydroxylation sites is 1. The number of rotatable bonds is 2. The van der Waals surface area contributed by atoms with Crippen LogP contribution in [0.2, 0.25) is 0 Å².